The van der Waals surface area contributed by atoms with Crippen LogP contribution in [-0.2, 0) is 16.0 Å². The molecule has 1 saturated heterocycles. The first kappa shape index (κ1) is 34.3. The second-order valence-corrected chi connectivity index (χ2v) is 12.8. The largest absolute Gasteiger partial charge is 0.495 e. The Morgan fingerprint density at radius 2 is 1.39 bits per heavy atom. The minimum Gasteiger partial charge on any atom is -0.495 e. The molecule has 0 unspecified atom stereocenters. The Kier molecular flexibility index (Phi) is 11.3. The third-order valence-electron chi connectivity index (χ3n) is 7.86. The van der Waals surface area contributed by atoms with Crippen LogP contribution in [0.2, 0.25) is 0 Å². The van der Waals surface area contributed by atoms with Gasteiger partial charge in [0.15, 0.2) is 0 Å². The molecule has 6 rings (SSSR count). The van der Waals surface area contributed by atoms with E-state index in [1.165, 1.54) is 65.6 Å². The number of nitrogens with zero attached hydrogens (tertiary/aromatic N) is 1. The van der Waals surface area contributed by atoms with E-state index >= 15 is 0 Å². The number of carboxylic acids is 3. The number of benzene rings is 3. The molecule has 0 aromatic heterocycles. The van der Waals surface area contributed by atoms with E-state index in [2.05, 4.69) is 60.5 Å². The molecule has 3 aliphatic heterocycles. The summed E-state index contributed by atoms with van der Waals surface area (Å²) < 4.78 is 11.0. The molecule has 3 aliphatic rings. The molecule has 0 aliphatic carbocycles. The molecule has 46 heavy (non-hydrogen) atoms. The second kappa shape index (κ2) is 15.2. The number of hydrogen-bond acceptors (Lipinski definition) is 7. The maximum absolute atomic E-state index is 11.1. The third kappa shape index (κ3) is 8.58. The molecule has 0 radical (unpaired) electrons. The Morgan fingerprint density at radius 1 is 0.848 bits per heavy atom. The monoisotopic (exact) mass is 645 g/mol. The number of piperidine rings is 1. The molecular formula is C36H39NO8S. The van der Waals surface area contributed by atoms with E-state index in [0.717, 1.165) is 24.2 Å². The van der Waals surface area contributed by atoms with Crippen LogP contribution in [0.4, 0.5) is 0 Å². The van der Waals surface area contributed by atoms with Crippen LogP contribution in [-0.4, -0.2) is 71.0 Å². The first-order chi connectivity index (χ1) is 21.9. The lowest BCUT2D eigenvalue weighted by Gasteiger charge is -2.33. The van der Waals surface area contributed by atoms with E-state index in [1.54, 1.807) is 11.6 Å². The molecule has 0 saturated carbocycles. The van der Waals surface area contributed by atoms with Crippen LogP contribution in [0.3, 0.4) is 0 Å². The second-order valence-electron chi connectivity index (χ2n) is 11.7. The van der Waals surface area contributed by atoms with Crippen LogP contribution in [0.25, 0.3) is 5.57 Å². The van der Waals surface area contributed by atoms with Crippen LogP contribution in [0.5, 0.6) is 11.5 Å². The number of hydrogen-bond donors (Lipinski definition) is 3. The fourth-order valence-corrected chi connectivity index (χ4v) is 6.66. The summed E-state index contributed by atoms with van der Waals surface area (Å²) in [5, 5.41) is 24.7. The van der Waals surface area contributed by atoms with Gasteiger partial charge < -0.3 is 29.7 Å². The summed E-state index contributed by atoms with van der Waals surface area (Å²) >= 11 is 1.91. The normalized spacial score (nSPS) is 16.3. The third-order valence-corrected chi connectivity index (χ3v) is 9.01. The Balaban J connectivity index is 0.000000173. The number of rotatable bonds is 4. The van der Waals surface area contributed by atoms with Crippen LogP contribution in [0.1, 0.15) is 60.2 Å². The highest BCUT2D eigenvalue weighted by Crippen LogP contribution is 2.47. The van der Waals surface area contributed by atoms with Crippen molar-refractivity contribution >= 4 is 35.2 Å². The molecule has 0 spiro atoms. The van der Waals surface area contributed by atoms with Crippen LogP contribution in [0.15, 0.2) is 88.2 Å². The quantitative estimate of drug-likeness (QED) is 0.202. The van der Waals surface area contributed by atoms with Gasteiger partial charge in [0.1, 0.15) is 22.7 Å². The lowest BCUT2D eigenvalue weighted by Crippen LogP contribution is -2.32. The number of likely N-dealkylation sites (tertiary alicyclic amines) is 1. The molecule has 9 nitrogen and oxygen atoms in total. The number of ether oxygens (including phenoxy) is 2. The van der Waals surface area contributed by atoms with Crippen molar-refractivity contribution in [2.24, 2.45) is 0 Å². The standard InChI is InChI=1S/C19H19NS.C13H16O4.C4H4O4/c1-20-12-10-14(11-13-20)19-15-6-2-4-8-17(15)21-18-9-5-3-7-16(18)19;1-13(2)7-6-8-10(17-13)5-4-9(12(14)15)11(8)16-3;5-3(6)1-2-4(7)8/h2-9H,10-13H2,1H3;4-5H,6-7H2,1-3H3,(H,14,15);1-2H,(H,5,6)(H,7,8). The van der Waals surface area contributed by atoms with Crippen LogP contribution in [0, 0.1) is 0 Å². The number of aliphatic carboxylic acids is 2. The van der Waals surface area contributed by atoms with Crippen molar-refractivity contribution in [2.75, 3.05) is 27.2 Å². The van der Waals surface area contributed by atoms with Crippen molar-refractivity contribution in [2.45, 2.75) is 54.9 Å². The number of methoxy groups -OCH3 is 1. The maximum atomic E-state index is 11.1. The molecule has 3 N–H and O–H groups in total. The average Bonchev–Trinajstić information content (AvgIpc) is 3.02. The Morgan fingerprint density at radius 3 is 1.89 bits per heavy atom. The van der Waals surface area contributed by atoms with Gasteiger partial charge in [0.05, 0.1) is 7.11 Å². The SMILES string of the molecule is CN1CCC(=C2c3ccccc3Sc3ccccc32)CC1.COc1c(C(=O)O)ccc2c1CCC(C)(C)O2.O=C(O)C=CC(=O)O. The van der Waals surface area contributed by atoms with E-state index in [4.69, 9.17) is 24.8 Å². The highest BCUT2D eigenvalue weighted by molar-refractivity contribution is 7.99. The minimum absolute atomic E-state index is 0.189. The Labute approximate surface area is 273 Å². The van der Waals surface area contributed by atoms with Gasteiger partial charge in [-0.3, -0.25) is 0 Å². The van der Waals surface area contributed by atoms with Crippen LogP contribution >= 0.6 is 11.8 Å². The van der Waals surface area contributed by atoms with Gasteiger partial charge in [0.2, 0.25) is 0 Å². The molecule has 242 valence electrons. The highest BCUT2D eigenvalue weighted by Gasteiger charge is 2.30. The van der Waals surface area contributed by atoms with Gasteiger partial charge in [0, 0.05) is 40.6 Å². The zero-order chi connectivity index (χ0) is 33.4. The smallest absolute Gasteiger partial charge is 0.339 e. The molecule has 3 heterocycles. The van der Waals surface area contributed by atoms with E-state index in [-0.39, 0.29) is 11.2 Å². The molecule has 10 heteroatoms. The van der Waals surface area contributed by atoms with E-state index in [9.17, 15) is 14.4 Å². The van der Waals surface area contributed by atoms with Crippen molar-refractivity contribution in [3.63, 3.8) is 0 Å². The fraction of sp³-hybridized carbons (Fsp3) is 0.306. The summed E-state index contributed by atoms with van der Waals surface area (Å²) in [6.07, 6.45) is 5.12. The fourth-order valence-electron chi connectivity index (χ4n) is 5.57. The van der Waals surface area contributed by atoms with Crippen molar-refractivity contribution in [1.82, 2.24) is 4.90 Å². The van der Waals surface area contributed by atoms with E-state index in [1.807, 2.05) is 25.6 Å². The number of carbonyl (C=O) groups is 3. The van der Waals surface area contributed by atoms with Crippen molar-refractivity contribution in [1.29, 1.82) is 0 Å². The van der Waals surface area contributed by atoms with E-state index in [0.29, 0.717) is 17.9 Å². The van der Waals surface area contributed by atoms with Gasteiger partial charge in [-0.25, -0.2) is 14.4 Å². The zero-order valence-electron chi connectivity index (χ0n) is 26.4. The Bertz CT molecular complexity index is 1600. The zero-order valence-corrected chi connectivity index (χ0v) is 27.2. The topological polar surface area (TPSA) is 134 Å². The molecule has 0 bridgehead atoms. The van der Waals surface area contributed by atoms with Gasteiger partial charge in [-0.15, -0.1) is 0 Å². The minimum atomic E-state index is -1.26. The van der Waals surface area contributed by atoms with Gasteiger partial charge in [0.25, 0.3) is 0 Å². The predicted molar refractivity (Wildman–Crippen MR) is 177 cm³/mol. The van der Waals surface area contributed by atoms with Crippen molar-refractivity contribution in [3.8, 4) is 11.5 Å². The van der Waals surface area contributed by atoms with Crippen LogP contribution < -0.4 is 9.47 Å². The molecule has 3 aromatic rings. The van der Waals surface area contributed by atoms with Gasteiger partial charge in [-0.1, -0.05) is 53.7 Å². The molecule has 0 atom stereocenters. The number of carboxylic acid groups (broad SMARTS) is 3. The maximum Gasteiger partial charge on any atom is 0.339 e. The molecule has 3 aromatic carbocycles. The van der Waals surface area contributed by atoms with Crippen molar-refractivity contribution in [3.05, 3.63) is 101 Å². The predicted octanol–water partition coefficient (Wildman–Crippen LogP) is 6.89. The number of aromatic carboxylic acids is 1. The summed E-state index contributed by atoms with van der Waals surface area (Å²) in [6, 6.07) is 21.0. The first-order valence-electron chi connectivity index (χ1n) is 14.9. The van der Waals surface area contributed by atoms with Gasteiger partial charge >= 0.3 is 17.9 Å². The highest BCUT2D eigenvalue weighted by atomic mass is 32.2. The number of fused-ring (bicyclic) bond motifs is 3. The molecule has 1 fully saturated rings. The van der Waals surface area contributed by atoms with Gasteiger partial charge in [-0.05, 0) is 87.5 Å². The lowest BCUT2D eigenvalue weighted by atomic mass is 9.88. The first-order valence-corrected chi connectivity index (χ1v) is 15.7. The molecule has 0 amide bonds. The molecular weight excluding hydrogens is 606 g/mol. The summed E-state index contributed by atoms with van der Waals surface area (Å²) in [5.74, 6) is -2.34. The van der Waals surface area contributed by atoms with E-state index < -0.39 is 17.9 Å². The average molecular weight is 646 g/mol. The summed E-state index contributed by atoms with van der Waals surface area (Å²) in [5.41, 5.74) is 6.84. The summed E-state index contributed by atoms with van der Waals surface area (Å²) in [6.45, 7) is 6.40. The Hall–Kier alpha value is -4.54. The summed E-state index contributed by atoms with van der Waals surface area (Å²) in [4.78, 5) is 35.4. The summed E-state index contributed by atoms with van der Waals surface area (Å²) in [7, 11) is 3.71. The van der Waals surface area contributed by atoms with Crippen molar-refractivity contribution < 1.29 is 39.2 Å². The lowest BCUT2D eigenvalue weighted by molar-refractivity contribution is -0.134. The van der Waals surface area contributed by atoms with Gasteiger partial charge in [-0.2, -0.15) is 0 Å².